The van der Waals surface area contributed by atoms with E-state index in [4.69, 9.17) is 4.74 Å². The largest absolute Gasteiger partial charge is 0.496 e. The molecular formula is C16H25NO2. The molecule has 1 aromatic rings. The zero-order valence-corrected chi connectivity index (χ0v) is 12.5. The van der Waals surface area contributed by atoms with E-state index >= 15 is 0 Å². The number of ether oxygens (including phenoxy) is 1. The average molecular weight is 263 g/mol. The Labute approximate surface area is 116 Å². The topological polar surface area (TPSA) is 38.3 Å². The van der Waals surface area contributed by atoms with Crippen molar-refractivity contribution in [3.8, 4) is 5.75 Å². The van der Waals surface area contributed by atoms with Crippen LogP contribution in [0.15, 0.2) is 18.2 Å². The highest BCUT2D eigenvalue weighted by atomic mass is 16.5. The highest BCUT2D eigenvalue weighted by molar-refractivity contribution is 5.76. The van der Waals surface area contributed by atoms with Gasteiger partial charge in [-0.15, -0.1) is 0 Å². The van der Waals surface area contributed by atoms with Crippen LogP contribution in [0.5, 0.6) is 5.75 Å². The first-order valence-electron chi connectivity index (χ1n) is 6.99. The van der Waals surface area contributed by atoms with Crippen LogP contribution in [0.3, 0.4) is 0 Å². The number of aryl methyl sites for hydroxylation is 2. The van der Waals surface area contributed by atoms with Gasteiger partial charge in [0.2, 0.25) is 5.91 Å². The van der Waals surface area contributed by atoms with E-state index in [9.17, 15) is 4.79 Å². The Morgan fingerprint density at radius 3 is 2.74 bits per heavy atom. The monoisotopic (exact) mass is 263 g/mol. The van der Waals surface area contributed by atoms with Gasteiger partial charge in [-0.1, -0.05) is 25.5 Å². The lowest BCUT2D eigenvalue weighted by Gasteiger charge is -2.13. The van der Waals surface area contributed by atoms with Gasteiger partial charge in [-0.25, -0.2) is 0 Å². The number of hydrogen-bond donors (Lipinski definition) is 1. The van der Waals surface area contributed by atoms with Crippen LogP contribution in [0.4, 0.5) is 0 Å². The van der Waals surface area contributed by atoms with Crippen LogP contribution in [0.25, 0.3) is 0 Å². The van der Waals surface area contributed by atoms with E-state index in [0.717, 1.165) is 30.6 Å². The van der Waals surface area contributed by atoms with Crippen molar-refractivity contribution in [3.63, 3.8) is 0 Å². The van der Waals surface area contributed by atoms with E-state index in [-0.39, 0.29) is 11.9 Å². The molecule has 1 aromatic carbocycles. The normalized spacial score (nSPS) is 12.0. The van der Waals surface area contributed by atoms with Gasteiger partial charge in [0.05, 0.1) is 7.11 Å². The van der Waals surface area contributed by atoms with Crippen LogP contribution < -0.4 is 10.1 Å². The predicted octanol–water partition coefficient (Wildman–Crippen LogP) is 3.24. The number of nitrogens with one attached hydrogen (secondary N) is 1. The zero-order chi connectivity index (χ0) is 14.3. The summed E-state index contributed by atoms with van der Waals surface area (Å²) in [5.74, 6) is 1.03. The third-order valence-corrected chi connectivity index (χ3v) is 3.23. The summed E-state index contributed by atoms with van der Waals surface area (Å²) in [5, 5.41) is 3.02. The van der Waals surface area contributed by atoms with Crippen molar-refractivity contribution >= 4 is 5.91 Å². The van der Waals surface area contributed by atoms with Crippen LogP contribution in [0, 0.1) is 6.92 Å². The fourth-order valence-corrected chi connectivity index (χ4v) is 2.21. The van der Waals surface area contributed by atoms with Crippen LogP contribution in [0.2, 0.25) is 0 Å². The first kappa shape index (κ1) is 15.5. The third kappa shape index (κ3) is 5.33. The summed E-state index contributed by atoms with van der Waals surface area (Å²) in [6.45, 7) is 6.20. The Morgan fingerprint density at radius 2 is 2.16 bits per heavy atom. The Bertz CT molecular complexity index is 415. The fraction of sp³-hybridized carbons (Fsp3) is 0.562. The molecule has 1 atom stereocenters. The maximum Gasteiger partial charge on any atom is 0.220 e. The Hall–Kier alpha value is -1.51. The van der Waals surface area contributed by atoms with Gasteiger partial charge in [0.25, 0.3) is 0 Å². The molecule has 0 saturated carbocycles. The van der Waals surface area contributed by atoms with Crippen molar-refractivity contribution in [2.24, 2.45) is 0 Å². The van der Waals surface area contributed by atoms with Gasteiger partial charge in [0.1, 0.15) is 5.75 Å². The van der Waals surface area contributed by atoms with Crippen molar-refractivity contribution < 1.29 is 9.53 Å². The molecular weight excluding hydrogens is 238 g/mol. The molecule has 0 saturated heterocycles. The molecule has 1 N–H and O–H groups in total. The van der Waals surface area contributed by atoms with Gasteiger partial charge in [0.15, 0.2) is 0 Å². The first-order chi connectivity index (χ1) is 9.06. The molecule has 19 heavy (non-hydrogen) atoms. The summed E-state index contributed by atoms with van der Waals surface area (Å²) in [7, 11) is 1.67. The predicted molar refractivity (Wildman–Crippen MR) is 78.6 cm³/mol. The average Bonchev–Trinajstić information content (AvgIpc) is 2.36. The summed E-state index contributed by atoms with van der Waals surface area (Å²) < 4.78 is 5.23. The summed E-state index contributed by atoms with van der Waals surface area (Å²) in [6.07, 6.45) is 3.45. The van der Waals surface area contributed by atoms with Crippen molar-refractivity contribution in [1.29, 1.82) is 0 Å². The summed E-state index contributed by atoms with van der Waals surface area (Å²) in [5.41, 5.74) is 2.29. The molecule has 3 heteroatoms. The van der Waals surface area contributed by atoms with Gasteiger partial charge >= 0.3 is 0 Å². The molecule has 1 amide bonds. The van der Waals surface area contributed by atoms with E-state index in [1.807, 2.05) is 19.1 Å². The molecule has 0 aromatic heterocycles. The van der Waals surface area contributed by atoms with Crippen LogP contribution in [0.1, 0.15) is 44.2 Å². The SMILES string of the molecule is CCC[C@H](C)NC(=O)CCc1ccc(OC)c(C)c1. The van der Waals surface area contributed by atoms with E-state index in [1.165, 1.54) is 5.56 Å². The minimum absolute atomic E-state index is 0.134. The van der Waals surface area contributed by atoms with Gasteiger partial charge in [-0.3, -0.25) is 4.79 Å². The maximum absolute atomic E-state index is 11.8. The second-order valence-electron chi connectivity index (χ2n) is 5.06. The van der Waals surface area contributed by atoms with E-state index in [1.54, 1.807) is 7.11 Å². The van der Waals surface area contributed by atoms with Gasteiger partial charge in [-0.05, 0) is 43.9 Å². The summed E-state index contributed by atoms with van der Waals surface area (Å²) >= 11 is 0. The van der Waals surface area contributed by atoms with E-state index < -0.39 is 0 Å². The second kappa shape index (κ2) is 7.82. The van der Waals surface area contributed by atoms with Crippen LogP contribution in [-0.2, 0) is 11.2 Å². The van der Waals surface area contributed by atoms with E-state index in [2.05, 4.69) is 25.2 Å². The minimum atomic E-state index is 0.134. The first-order valence-corrected chi connectivity index (χ1v) is 6.99. The van der Waals surface area contributed by atoms with Crippen molar-refractivity contribution in [3.05, 3.63) is 29.3 Å². The molecule has 3 nitrogen and oxygen atoms in total. The number of rotatable bonds is 7. The number of hydrogen-bond acceptors (Lipinski definition) is 2. The summed E-state index contributed by atoms with van der Waals surface area (Å²) in [6, 6.07) is 6.34. The Kier molecular flexibility index (Phi) is 6.40. The molecule has 0 radical (unpaired) electrons. The van der Waals surface area contributed by atoms with Gasteiger partial charge in [0, 0.05) is 12.5 Å². The van der Waals surface area contributed by atoms with Gasteiger partial charge in [-0.2, -0.15) is 0 Å². The smallest absolute Gasteiger partial charge is 0.220 e. The molecule has 0 unspecified atom stereocenters. The number of carbonyl (C=O) groups is 1. The zero-order valence-electron chi connectivity index (χ0n) is 12.5. The molecule has 1 rings (SSSR count). The molecule has 0 heterocycles. The molecule has 0 spiro atoms. The molecule has 0 bridgehead atoms. The molecule has 0 fully saturated rings. The summed E-state index contributed by atoms with van der Waals surface area (Å²) in [4.78, 5) is 11.8. The lowest BCUT2D eigenvalue weighted by atomic mass is 10.1. The van der Waals surface area contributed by atoms with E-state index in [0.29, 0.717) is 6.42 Å². The van der Waals surface area contributed by atoms with Crippen molar-refractivity contribution in [2.45, 2.75) is 52.5 Å². The van der Waals surface area contributed by atoms with Crippen LogP contribution >= 0.6 is 0 Å². The second-order valence-corrected chi connectivity index (χ2v) is 5.06. The van der Waals surface area contributed by atoms with Gasteiger partial charge < -0.3 is 10.1 Å². The molecule has 0 aliphatic carbocycles. The minimum Gasteiger partial charge on any atom is -0.496 e. The number of amides is 1. The van der Waals surface area contributed by atoms with Crippen molar-refractivity contribution in [1.82, 2.24) is 5.32 Å². The molecule has 0 aliphatic rings. The highest BCUT2D eigenvalue weighted by Gasteiger charge is 2.07. The Balaban J connectivity index is 2.44. The van der Waals surface area contributed by atoms with Crippen molar-refractivity contribution in [2.75, 3.05) is 7.11 Å². The molecule has 0 aliphatic heterocycles. The third-order valence-electron chi connectivity index (χ3n) is 3.23. The standard InChI is InChI=1S/C16H25NO2/c1-5-6-13(3)17-16(18)10-8-14-7-9-15(19-4)12(2)11-14/h7,9,11,13H,5-6,8,10H2,1-4H3,(H,17,18)/t13-/m0/s1. The molecule has 106 valence electrons. The maximum atomic E-state index is 11.8. The van der Waals surface area contributed by atoms with Crippen LogP contribution in [-0.4, -0.2) is 19.1 Å². The number of benzene rings is 1. The highest BCUT2D eigenvalue weighted by Crippen LogP contribution is 2.19. The fourth-order valence-electron chi connectivity index (χ4n) is 2.21. The lowest BCUT2D eigenvalue weighted by molar-refractivity contribution is -0.121. The lowest BCUT2D eigenvalue weighted by Crippen LogP contribution is -2.32. The Morgan fingerprint density at radius 1 is 1.42 bits per heavy atom. The number of carbonyl (C=O) groups excluding carboxylic acids is 1. The quantitative estimate of drug-likeness (QED) is 0.820. The number of methoxy groups -OCH3 is 1.